The summed E-state index contributed by atoms with van der Waals surface area (Å²) in [6.45, 7) is 2.91. The van der Waals surface area contributed by atoms with Crippen LogP contribution in [0.15, 0.2) is 0 Å². The Morgan fingerprint density at radius 3 is 2.90 bits per heavy atom. The van der Waals surface area contributed by atoms with Crippen molar-refractivity contribution in [1.29, 1.82) is 5.41 Å². The van der Waals surface area contributed by atoms with Crippen LogP contribution in [0.2, 0.25) is 0 Å². The monoisotopic (exact) mass is 142 g/mol. The Balaban J connectivity index is 2.50. The second-order valence-corrected chi connectivity index (χ2v) is 2.76. The molecule has 2 N–H and O–H groups in total. The van der Waals surface area contributed by atoms with Gasteiger partial charge < -0.3 is 10.0 Å². The van der Waals surface area contributed by atoms with Crippen LogP contribution in [0.5, 0.6) is 0 Å². The molecular weight excluding hydrogens is 128 g/mol. The van der Waals surface area contributed by atoms with Crippen LogP contribution in [0.3, 0.4) is 0 Å². The number of rotatable bonds is 1. The van der Waals surface area contributed by atoms with Crippen LogP contribution < -0.4 is 0 Å². The number of amidine groups is 1. The minimum absolute atomic E-state index is 0.191. The highest BCUT2D eigenvalue weighted by atomic mass is 16.3. The second kappa shape index (κ2) is 3.01. The molecule has 1 rings (SSSR count). The van der Waals surface area contributed by atoms with E-state index in [9.17, 15) is 0 Å². The van der Waals surface area contributed by atoms with Gasteiger partial charge >= 0.3 is 0 Å². The van der Waals surface area contributed by atoms with Gasteiger partial charge in [-0.15, -0.1) is 0 Å². The highest BCUT2D eigenvalue weighted by Crippen LogP contribution is 2.15. The average Bonchev–Trinajstić information content (AvgIpc) is 2.33. The summed E-state index contributed by atoms with van der Waals surface area (Å²) in [7, 11) is 0. The van der Waals surface area contributed by atoms with Crippen molar-refractivity contribution in [3.8, 4) is 0 Å². The molecule has 0 aromatic carbocycles. The molecule has 58 valence electrons. The fourth-order valence-corrected chi connectivity index (χ4v) is 1.47. The molecule has 3 nitrogen and oxygen atoms in total. The van der Waals surface area contributed by atoms with E-state index in [1.165, 1.54) is 0 Å². The highest BCUT2D eigenvalue weighted by Gasteiger charge is 2.23. The third-order valence-corrected chi connectivity index (χ3v) is 2.02. The zero-order valence-corrected chi connectivity index (χ0v) is 6.30. The first-order valence-corrected chi connectivity index (χ1v) is 3.68. The molecule has 0 radical (unpaired) electrons. The van der Waals surface area contributed by atoms with E-state index in [1.54, 1.807) is 6.92 Å². The van der Waals surface area contributed by atoms with Crippen LogP contribution in [0.4, 0.5) is 0 Å². The molecular formula is C7H14N2O. The van der Waals surface area contributed by atoms with Crippen molar-refractivity contribution in [2.24, 2.45) is 0 Å². The van der Waals surface area contributed by atoms with Crippen LogP contribution in [0.25, 0.3) is 0 Å². The molecule has 1 aliphatic rings. The maximum absolute atomic E-state index is 8.85. The molecule has 3 heteroatoms. The van der Waals surface area contributed by atoms with E-state index in [-0.39, 0.29) is 12.6 Å². The fraction of sp³-hybridized carbons (Fsp3) is 0.857. The number of aliphatic hydroxyl groups excluding tert-OH is 1. The Morgan fingerprint density at radius 2 is 2.50 bits per heavy atom. The van der Waals surface area contributed by atoms with Crippen LogP contribution in [0.1, 0.15) is 19.8 Å². The summed E-state index contributed by atoms with van der Waals surface area (Å²) in [5.74, 6) is 0.580. The number of aliphatic hydroxyl groups is 1. The predicted octanol–water partition coefficient (Wildman–Crippen LogP) is 0.440. The zero-order chi connectivity index (χ0) is 7.56. The first-order chi connectivity index (χ1) is 4.75. The summed E-state index contributed by atoms with van der Waals surface area (Å²) in [5, 5.41) is 16.2. The maximum atomic E-state index is 8.85. The van der Waals surface area contributed by atoms with Gasteiger partial charge in [-0.05, 0) is 19.8 Å². The van der Waals surface area contributed by atoms with Gasteiger partial charge in [0.05, 0.1) is 18.5 Å². The third kappa shape index (κ3) is 1.29. The van der Waals surface area contributed by atoms with Gasteiger partial charge in [-0.25, -0.2) is 0 Å². The molecule has 1 aliphatic heterocycles. The van der Waals surface area contributed by atoms with Crippen LogP contribution in [-0.2, 0) is 0 Å². The van der Waals surface area contributed by atoms with Crippen molar-refractivity contribution in [3.63, 3.8) is 0 Å². The molecule has 1 saturated heterocycles. The van der Waals surface area contributed by atoms with Crippen molar-refractivity contribution in [2.75, 3.05) is 13.2 Å². The predicted molar refractivity (Wildman–Crippen MR) is 40.2 cm³/mol. The molecule has 0 spiro atoms. The summed E-state index contributed by atoms with van der Waals surface area (Å²) < 4.78 is 0. The molecule has 1 unspecified atom stereocenters. The Morgan fingerprint density at radius 1 is 1.80 bits per heavy atom. The molecule has 0 amide bonds. The lowest BCUT2D eigenvalue weighted by atomic mass is 10.2. The van der Waals surface area contributed by atoms with E-state index in [1.807, 2.05) is 4.90 Å². The number of hydrogen-bond acceptors (Lipinski definition) is 2. The van der Waals surface area contributed by atoms with Gasteiger partial charge in [0.25, 0.3) is 0 Å². The van der Waals surface area contributed by atoms with Crippen LogP contribution >= 0.6 is 0 Å². The minimum Gasteiger partial charge on any atom is -0.394 e. The zero-order valence-electron chi connectivity index (χ0n) is 6.30. The minimum atomic E-state index is 0.191. The van der Waals surface area contributed by atoms with E-state index in [0.717, 1.165) is 19.4 Å². The molecule has 1 heterocycles. The van der Waals surface area contributed by atoms with Crippen molar-refractivity contribution in [1.82, 2.24) is 4.90 Å². The smallest absolute Gasteiger partial charge is 0.0929 e. The van der Waals surface area contributed by atoms with E-state index in [0.29, 0.717) is 5.84 Å². The normalized spacial score (nSPS) is 25.4. The fourth-order valence-electron chi connectivity index (χ4n) is 1.47. The van der Waals surface area contributed by atoms with Crippen molar-refractivity contribution < 1.29 is 5.11 Å². The molecule has 0 aliphatic carbocycles. The molecule has 1 fully saturated rings. The molecule has 1 atom stereocenters. The quantitative estimate of drug-likeness (QED) is 0.412. The SMILES string of the molecule is CC(=N)N1CCCC1CO. The molecule has 0 bridgehead atoms. The highest BCUT2D eigenvalue weighted by molar-refractivity contribution is 5.76. The summed E-state index contributed by atoms with van der Waals surface area (Å²) in [6.07, 6.45) is 2.15. The van der Waals surface area contributed by atoms with E-state index < -0.39 is 0 Å². The third-order valence-electron chi connectivity index (χ3n) is 2.02. The standard InChI is InChI=1S/C7H14N2O/c1-6(8)9-4-2-3-7(9)5-10/h7-8,10H,2-5H2,1H3. The van der Waals surface area contributed by atoms with Gasteiger partial charge in [0.1, 0.15) is 0 Å². The molecule has 0 saturated carbocycles. The lowest BCUT2D eigenvalue weighted by molar-refractivity contribution is 0.207. The first kappa shape index (κ1) is 7.54. The lowest BCUT2D eigenvalue weighted by Crippen LogP contribution is -2.35. The average molecular weight is 142 g/mol. The number of nitrogens with zero attached hydrogens (tertiary/aromatic N) is 1. The van der Waals surface area contributed by atoms with Crippen LogP contribution in [-0.4, -0.2) is 35.0 Å². The van der Waals surface area contributed by atoms with E-state index in [2.05, 4.69) is 0 Å². The number of hydrogen-bond donors (Lipinski definition) is 2. The summed E-state index contributed by atoms with van der Waals surface area (Å²) in [5.41, 5.74) is 0. The van der Waals surface area contributed by atoms with Gasteiger partial charge in [0.15, 0.2) is 0 Å². The van der Waals surface area contributed by atoms with Gasteiger partial charge in [-0.3, -0.25) is 5.41 Å². The van der Waals surface area contributed by atoms with Crippen molar-refractivity contribution in [2.45, 2.75) is 25.8 Å². The Bertz CT molecular complexity index is 136. The lowest BCUT2D eigenvalue weighted by Gasteiger charge is -2.23. The Labute approximate surface area is 61.2 Å². The topological polar surface area (TPSA) is 47.3 Å². The van der Waals surface area contributed by atoms with Crippen LogP contribution in [0, 0.1) is 5.41 Å². The first-order valence-electron chi connectivity index (χ1n) is 3.68. The molecule has 0 aromatic rings. The summed E-state index contributed by atoms with van der Waals surface area (Å²) in [6, 6.07) is 0.220. The second-order valence-electron chi connectivity index (χ2n) is 2.76. The summed E-state index contributed by atoms with van der Waals surface area (Å²) in [4.78, 5) is 1.96. The Hall–Kier alpha value is -0.570. The largest absolute Gasteiger partial charge is 0.394 e. The van der Waals surface area contributed by atoms with Gasteiger partial charge in [0, 0.05) is 6.54 Å². The maximum Gasteiger partial charge on any atom is 0.0929 e. The van der Waals surface area contributed by atoms with Gasteiger partial charge in [0.2, 0.25) is 0 Å². The van der Waals surface area contributed by atoms with Crippen molar-refractivity contribution in [3.05, 3.63) is 0 Å². The molecule has 0 aromatic heterocycles. The Kier molecular flexibility index (Phi) is 2.27. The summed E-state index contributed by atoms with van der Waals surface area (Å²) >= 11 is 0. The van der Waals surface area contributed by atoms with Gasteiger partial charge in [-0.1, -0.05) is 0 Å². The van der Waals surface area contributed by atoms with E-state index >= 15 is 0 Å². The number of nitrogens with one attached hydrogen (secondary N) is 1. The van der Waals surface area contributed by atoms with E-state index in [4.69, 9.17) is 10.5 Å². The van der Waals surface area contributed by atoms with Gasteiger partial charge in [-0.2, -0.15) is 0 Å². The molecule has 10 heavy (non-hydrogen) atoms. The van der Waals surface area contributed by atoms with Crippen molar-refractivity contribution >= 4 is 5.84 Å². The number of likely N-dealkylation sites (tertiary alicyclic amines) is 1.